The number of sulfone groups is 1. The molecule has 1 aromatic heterocycles. The van der Waals surface area contributed by atoms with Crippen LogP contribution in [0.3, 0.4) is 0 Å². The molecule has 114 valence electrons. The molecule has 0 atom stereocenters. The molecule has 1 aromatic rings. The van der Waals surface area contributed by atoms with E-state index in [1.807, 2.05) is 6.92 Å². The Labute approximate surface area is 123 Å². The van der Waals surface area contributed by atoms with Crippen molar-refractivity contribution >= 4 is 37.8 Å². The van der Waals surface area contributed by atoms with E-state index in [1.165, 1.54) is 0 Å². The van der Waals surface area contributed by atoms with Gasteiger partial charge in [0.05, 0.1) is 12.3 Å². The lowest BCUT2D eigenvalue weighted by Gasteiger charge is -2.17. The Hall–Kier alpha value is -1.28. The van der Waals surface area contributed by atoms with Gasteiger partial charge in [-0.1, -0.05) is 6.92 Å². The highest BCUT2D eigenvalue weighted by Crippen LogP contribution is 2.41. The van der Waals surface area contributed by atoms with Crippen molar-refractivity contribution in [3.63, 3.8) is 0 Å². The van der Waals surface area contributed by atoms with Gasteiger partial charge < -0.3 is 15.4 Å². The van der Waals surface area contributed by atoms with Crippen molar-refractivity contribution in [1.82, 2.24) is 0 Å². The van der Waals surface area contributed by atoms with Crippen molar-refractivity contribution in [3.05, 3.63) is 4.88 Å². The van der Waals surface area contributed by atoms with E-state index in [1.54, 1.807) is 18.9 Å². The molecule has 0 bridgehead atoms. The molecular weight excluding hydrogens is 300 g/mol. The van der Waals surface area contributed by atoms with Crippen LogP contribution in [0.15, 0.2) is 4.90 Å². The van der Waals surface area contributed by atoms with Crippen LogP contribution in [-0.4, -0.2) is 40.8 Å². The number of esters is 1. The van der Waals surface area contributed by atoms with Gasteiger partial charge in [0.25, 0.3) is 0 Å². The molecule has 1 rings (SSSR count). The van der Waals surface area contributed by atoms with Gasteiger partial charge in [0, 0.05) is 19.8 Å². The highest BCUT2D eigenvalue weighted by Gasteiger charge is 2.29. The number of ether oxygens (including phenoxy) is 1. The van der Waals surface area contributed by atoms with Crippen LogP contribution < -0.4 is 10.6 Å². The maximum absolute atomic E-state index is 11.9. The SMILES string of the molecule is CCCN(C)c1sc(C(=O)OCC)c(N)c1S(C)(=O)=O. The number of carbonyl (C=O) groups is 1. The molecule has 6 nitrogen and oxygen atoms in total. The summed E-state index contributed by atoms with van der Waals surface area (Å²) in [4.78, 5) is 13.8. The second-order valence-corrected chi connectivity index (χ2v) is 7.34. The second-order valence-electron chi connectivity index (χ2n) is 4.39. The van der Waals surface area contributed by atoms with E-state index in [-0.39, 0.29) is 22.1 Å². The van der Waals surface area contributed by atoms with Crippen molar-refractivity contribution in [1.29, 1.82) is 0 Å². The third kappa shape index (κ3) is 3.43. The molecule has 0 aliphatic rings. The summed E-state index contributed by atoms with van der Waals surface area (Å²) in [5, 5.41) is 0.481. The molecule has 0 aliphatic carbocycles. The van der Waals surface area contributed by atoms with Crippen LogP contribution in [0, 0.1) is 0 Å². The first-order valence-electron chi connectivity index (χ1n) is 6.24. The topological polar surface area (TPSA) is 89.7 Å². The lowest BCUT2D eigenvalue weighted by atomic mass is 10.3. The molecule has 8 heteroatoms. The lowest BCUT2D eigenvalue weighted by Crippen LogP contribution is -2.19. The molecule has 0 saturated heterocycles. The van der Waals surface area contributed by atoms with Gasteiger partial charge in [0.15, 0.2) is 9.84 Å². The number of hydrogen-bond acceptors (Lipinski definition) is 7. The number of carbonyl (C=O) groups excluding carboxylic acids is 1. The Bertz CT molecular complexity index is 593. The van der Waals surface area contributed by atoms with E-state index in [0.29, 0.717) is 11.5 Å². The maximum Gasteiger partial charge on any atom is 0.350 e. The molecule has 20 heavy (non-hydrogen) atoms. The minimum Gasteiger partial charge on any atom is -0.462 e. The van der Waals surface area contributed by atoms with Crippen molar-refractivity contribution in [2.45, 2.75) is 25.2 Å². The highest BCUT2D eigenvalue weighted by atomic mass is 32.2. The van der Waals surface area contributed by atoms with Crippen molar-refractivity contribution in [2.75, 3.05) is 37.1 Å². The number of anilines is 2. The predicted molar refractivity (Wildman–Crippen MR) is 81.4 cm³/mol. The van der Waals surface area contributed by atoms with Crippen LogP contribution in [0.4, 0.5) is 10.7 Å². The van der Waals surface area contributed by atoms with Crippen LogP contribution in [-0.2, 0) is 14.6 Å². The molecule has 0 unspecified atom stereocenters. The fraction of sp³-hybridized carbons (Fsp3) is 0.583. The van der Waals surface area contributed by atoms with E-state index in [0.717, 1.165) is 24.0 Å². The quantitative estimate of drug-likeness (QED) is 0.803. The Balaban J connectivity index is 3.43. The van der Waals surface area contributed by atoms with Crippen LogP contribution in [0.1, 0.15) is 29.9 Å². The van der Waals surface area contributed by atoms with Gasteiger partial charge in [0.2, 0.25) is 0 Å². The van der Waals surface area contributed by atoms with Crippen LogP contribution >= 0.6 is 11.3 Å². The van der Waals surface area contributed by atoms with Crippen molar-refractivity contribution in [3.8, 4) is 0 Å². The monoisotopic (exact) mass is 320 g/mol. The first-order valence-corrected chi connectivity index (χ1v) is 8.95. The fourth-order valence-electron chi connectivity index (χ4n) is 1.81. The molecule has 0 aliphatic heterocycles. The zero-order valence-corrected chi connectivity index (χ0v) is 13.7. The molecule has 2 N–H and O–H groups in total. The van der Waals surface area contributed by atoms with E-state index >= 15 is 0 Å². The largest absolute Gasteiger partial charge is 0.462 e. The van der Waals surface area contributed by atoms with Gasteiger partial charge in [-0.25, -0.2) is 13.2 Å². The Kier molecular flexibility index (Phi) is 5.41. The number of rotatable bonds is 6. The number of hydrogen-bond donors (Lipinski definition) is 1. The summed E-state index contributed by atoms with van der Waals surface area (Å²) in [6.45, 7) is 4.55. The Morgan fingerprint density at radius 3 is 2.45 bits per heavy atom. The van der Waals surface area contributed by atoms with Gasteiger partial charge in [0.1, 0.15) is 14.8 Å². The second kappa shape index (κ2) is 6.45. The summed E-state index contributed by atoms with van der Waals surface area (Å²) in [5.41, 5.74) is 5.84. The molecule has 0 fully saturated rings. The number of thiophene rings is 1. The van der Waals surface area contributed by atoms with Crippen LogP contribution in [0.25, 0.3) is 0 Å². The van der Waals surface area contributed by atoms with Crippen molar-refractivity contribution < 1.29 is 17.9 Å². The highest BCUT2D eigenvalue weighted by molar-refractivity contribution is 7.91. The van der Waals surface area contributed by atoms with E-state index < -0.39 is 15.8 Å². The molecule has 0 aromatic carbocycles. The first-order chi connectivity index (χ1) is 9.23. The summed E-state index contributed by atoms with van der Waals surface area (Å²) >= 11 is 1.06. The minimum atomic E-state index is -3.52. The summed E-state index contributed by atoms with van der Waals surface area (Å²) in [6, 6.07) is 0. The lowest BCUT2D eigenvalue weighted by molar-refractivity contribution is 0.0533. The summed E-state index contributed by atoms with van der Waals surface area (Å²) in [6.07, 6.45) is 1.94. The molecule has 1 heterocycles. The van der Waals surface area contributed by atoms with Gasteiger partial charge in [-0.3, -0.25) is 0 Å². The number of nitrogens with two attached hydrogens (primary N) is 1. The first kappa shape index (κ1) is 16.8. The van der Waals surface area contributed by atoms with Gasteiger partial charge in [-0.15, -0.1) is 11.3 Å². The third-order valence-electron chi connectivity index (χ3n) is 2.62. The van der Waals surface area contributed by atoms with Crippen LogP contribution in [0.5, 0.6) is 0 Å². The summed E-state index contributed by atoms with van der Waals surface area (Å²) in [5.74, 6) is -0.587. The molecule has 0 radical (unpaired) electrons. The molecule has 0 amide bonds. The standard InChI is InChI=1S/C12H20N2O4S2/c1-5-7-14(3)11-10(20(4,16)17)8(13)9(19-11)12(15)18-6-2/h5-7,13H2,1-4H3. The zero-order valence-electron chi connectivity index (χ0n) is 12.1. The fourth-order valence-corrected chi connectivity index (χ4v) is 4.43. The summed E-state index contributed by atoms with van der Waals surface area (Å²) in [7, 11) is -1.74. The third-order valence-corrected chi connectivity index (χ3v) is 5.20. The smallest absolute Gasteiger partial charge is 0.350 e. The Morgan fingerprint density at radius 1 is 1.40 bits per heavy atom. The predicted octanol–water partition coefficient (Wildman–Crippen LogP) is 1.76. The normalized spacial score (nSPS) is 11.4. The minimum absolute atomic E-state index is 0.0153. The van der Waals surface area contributed by atoms with Crippen LogP contribution in [0.2, 0.25) is 0 Å². The van der Waals surface area contributed by atoms with E-state index in [2.05, 4.69) is 0 Å². The number of nitrogens with zero attached hydrogens (tertiary/aromatic N) is 1. The molecular formula is C12H20N2O4S2. The average molecular weight is 320 g/mol. The molecule has 0 saturated carbocycles. The average Bonchev–Trinajstić information content (AvgIpc) is 2.67. The van der Waals surface area contributed by atoms with E-state index in [4.69, 9.17) is 10.5 Å². The van der Waals surface area contributed by atoms with Crippen molar-refractivity contribution in [2.24, 2.45) is 0 Å². The van der Waals surface area contributed by atoms with Gasteiger partial charge >= 0.3 is 5.97 Å². The van der Waals surface area contributed by atoms with Gasteiger partial charge in [-0.2, -0.15) is 0 Å². The zero-order chi connectivity index (χ0) is 15.5. The number of nitrogen functional groups attached to an aromatic ring is 1. The van der Waals surface area contributed by atoms with E-state index in [9.17, 15) is 13.2 Å². The Morgan fingerprint density at radius 2 is 2.00 bits per heavy atom. The van der Waals surface area contributed by atoms with Gasteiger partial charge in [-0.05, 0) is 13.3 Å². The maximum atomic E-state index is 11.9. The summed E-state index contributed by atoms with van der Waals surface area (Å²) < 4.78 is 28.8. The molecule has 0 spiro atoms.